The second-order valence-corrected chi connectivity index (χ2v) is 7.54. The van der Waals surface area contributed by atoms with Gasteiger partial charge < -0.3 is 30.3 Å². The third kappa shape index (κ3) is 3.91. The number of rotatable bonds is 6. The van der Waals surface area contributed by atoms with Crippen LogP contribution in [0.5, 0.6) is 0 Å². The molecule has 3 rings (SSSR count). The SMILES string of the molecule is CCc1ccc(Cc2nnn([C@@]3(O)O[C@H](CO)[C@@H](O)[C@H](O)[C@H]3O)c2CC)c(Cl)c1. The lowest BCUT2D eigenvalue weighted by atomic mass is 9.96. The standard InChI is InChI=1S/C19H26ClN3O6/c1-3-10-5-6-11(12(20)7-10)8-13-14(4-2)23(22-21-13)19(28)18(27)17(26)16(25)15(9-24)29-19/h5-7,15-18,24-28H,3-4,8-9H2,1-2H3/t15-,16-,17+,18-,19+/m1/s1. The first kappa shape index (κ1) is 22.1. The van der Waals surface area contributed by atoms with Crippen molar-refractivity contribution in [3.63, 3.8) is 0 Å². The molecule has 5 atom stereocenters. The summed E-state index contributed by atoms with van der Waals surface area (Å²) in [7, 11) is 0. The number of aromatic nitrogens is 3. The molecule has 29 heavy (non-hydrogen) atoms. The fourth-order valence-corrected chi connectivity index (χ4v) is 3.80. The van der Waals surface area contributed by atoms with Crippen molar-refractivity contribution in [2.45, 2.75) is 63.4 Å². The van der Waals surface area contributed by atoms with Gasteiger partial charge in [0, 0.05) is 11.4 Å². The molecule has 1 aliphatic rings. The van der Waals surface area contributed by atoms with Crippen LogP contribution in [0.4, 0.5) is 0 Å². The van der Waals surface area contributed by atoms with Gasteiger partial charge in [0.25, 0.3) is 0 Å². The molecule has 10 heteroatoms. The maximum atomic E-state index is 11.0. The van der Waals surface area contributed by atoms with Crippen LogP contribution in [0.15, 0.2) is 18.2 Å². The van der Waals surface area contributed by atoms with Crippen LogP contribution >= 0.6 is 11.6 Å². The molecular weight excluding hydrogens is 402 g/mol. The Morgan fingerprint density at radius 1 is 1.17 bits per heavy atom. The minimum atomic E-state index is -2.50. The lowest BCUT2D eigenvalue weighted by molar-refractivity contribution is -0.395. The molecular formula is C19H26ClN3O6. The molecule has 1 aromatic heterocycles. The summed E-state index contributed by atoms with van der Waals surface area (Å²) < 4.78 is 6.33. The first-order valence-electron chi connectivity index (χ1n) is 9.53. The van der Waals surface area contributed by atoms with E-state index in [1.807, 2.05) is 32.0 Å². The molecule has 0 unspecified atom stereocenters. The van der Waals surface area contributed by atoms with E-state index < -0.39 is 36.9 Å². The Morgan fingerprint density at radius 2 is 1.90 bits per heavy atom. The zero-order valence-corrected chi connectivity index (χ0v) is 17.0. The summed E-state index contributed by atoms with van der Waals surface area (Å²) in [5.74, 6) is -2.50. The Kier molecular flexibility index (Phi) is 6.59. The average molecular weight is 428 g/mol. The van der Waals surface area contributed by atoms with Crippen LogP contribution in [0.2, 0.25) is 5.02 Å². The predicted molar refractivity (Wildman–Crippen MR) is 103 cm³/mol. The molecule has 9 nitrogen and oxygen atoms in total. The van der Waals surface area contributed by atoms with Gasteiger partial charge in [-0.15, -0.1) is 5.10 Å². The third-order valence-corrected chi connectivity index (χ3v) is 5.66. The first-order valence-corrected chi connectivity index (χ1v) is 9.91. The minimum Gasteiger partial charge on any atom is -0.394 e. The largest absolute Gasteiger partial charge is 0.394 e. The Hall–Kier alpha value is -1.59. The Morgan fingerprint density at radius 3 is 2.48 bits per heavy atom. The van der Waals surface area contributed by atoms with Crippen LogP contribution in [-0.2, 0) is 29.9 Å². The van der Waals surface area contributed by atoms with Crippen LogP contribution in [0.1, 0.15) is 36.4 Å². The zero-order chi connectivity index (χ0) is 21.3. The van der Waals surface area contributed by atoms with E-state index in [0.717, 1.165) is 22.2 Å². The Bertz CT molecular complexity index is 860. The van der Waals surface area contributed by atoms with Crippen LogP contribution in [-0.4, -0.2) is 71.5 Å². The second-order valence-electron chi connectivity index (χ2n) is 7.13. The molecule has 1 saturated heterocycles. The van der Waals surface area contributed by atoms with Gasteiger partial charge in [0.2, 0.25) is 0 Å². The molecule has 2 aromatic rings. The number of aryl methyl sites for hydroxylation is 1. The van der Waals surface area contributed by atoms with Crippen molar-refractivity contribution in [2.75, 3.05) is 6.61 Å². The average Bonchev–Trinajstić information content (AvgIpc) is 3.13. The van der Waals surface area contributed by atoms with Crippen LogP contribution < -0.4 is 0 Å². The summed E-state index contributed by atoms with van der Waals surface area (Å²) >= 11 is 6.38. The molecule has 5 N–H and O–H groups in total. The van der Waals surface area contributed by atoms with Gasteiger partial charge >= 0.3 is 5.91 Å². The molecule has 0 radical (unpaired) electrons. The minimum absolute atomic E-state index is 0.340. The van der Waals surface area contributed by atoms with E-state index in [2.05, 4.69) is 10.3 Å². The molecule has 0 amide bonds. The van der Waals surface area contributed by atoms with Crippen molar-refractivity contribution in [1.29, 1.82) is 0 Å². The van der Waals surface area contributed by atoms with Crippen LogP contribution in [0, 0.1) is 0 Å². The molecule has 160 valence electrons. The molecule has 1 fully saturated rings. The van der Waals surface area contributed by atoms with Gasteiger partial charge in [0.1, 0.15) is 18.3 Å². The number of aliphatic hydroxyl groups is 5. The van der Waals surface area contributed by atoms with Gasteiger partial charge in [0.15, 0.2) is 6.10 Å². The van der Waals surface area contributed by atoms with E-state index in [4.69, 9.17) is 16.3 Å². The van der Waals surface area contributed by atoms with Gasteiger partial charge in [0.05, 0.1) is 18.0 Å². The molecule has 0 bridgehead atoms. The maximum absolute atomic E-state index is 11.0. The quantitative estimate of drug-likeness (QED) is 0.424. The second kappa shape index (κ2) is 8.65. The van der Waals surface area contributed by atoms with Crippen molar-refractivity contribution in [1.82, 2.24) is 15.0 Å². The number of benzene rings is 1. The van der Waals surface area contributed by atoms with Gasteiger partial charge in [-0.2, -0.15) is 4.68 Å². The Labute approximate surface area is 173 Å². The molecule has 0 spiro atoms. The highest BCUT2D eigenvalue weighted by atomic mass is 35.5. The van der Waals surface area contributed by atoms with Gasteiger partial charge in [-0.05, 0) is 30.0 Å². The molecule has 1 aliphatic heterocycles. The highest BCUT2D eigenvalue weighted by Crippen LogP contribution is 2.33. The van der Waals surface area contributed by atoms with Gasteiger partial charge in [-0.25, -0.2) is 0 Å². The number of aliphatic hydroxyl groups excluding tert-OH is 4. The molecule has 2 heterocycles. The van der Waals surface area contributed by atoms with E-state index in [0.29, 0.717) is 29.3 Å². The van der Waals surface area contributed by atoms with Crippen LogP contribution in [0.3, 0.4) is 0 Å². The summed E-state index contributed by atoms with van der Waals surface area (Å²) in [5, 5.41) is 59.4. The number of nitrogens with zero attached hydrogens (tertiary/aromatic N) is 3. The zero-order valence-electron chi connectivity index (χ0n) is 16.2. The third-order valence-electron chi connectivity index (χ3n) is 5.31. The normalized spacial score (nSPS) is 29.9. The van der Waals surface area contributed by atoms with Gasteiger partial charge in [-0.3, -0.25) is 0 Å². The topological polar surface area (TPSA) is 141 Å². The summed E-state index contributed by atoms with van der Waals surface area (Å²) in [6, 6.07) is 5.77. The number of hydrogen-bond acceptors (Lipinski definition) is 8. The molecule has 0 saturated carbocycles. The highest BCUT2D eigenvalue weighted by Gasteiger charge is 2.55. The van der Waals surface area contributed by atoms with Crippen molar-refractivity contribution in [3.8, 4) is 0 Å². The summed E-state index contributed by atoms with van der Waals surface area (Å²) in [6.07, 6.45) is -4.96. The first-order chi connectivity index (χ1) is 13.8. The number of ether oxygens (including phenoxy) is 1. The predicted octanol–water partition coefficient (Wildman–Crippen LogP) is -0.277. The van der Waals surface area contributed by atoms with Crippen LogP contribution in [0.25, 0.3) is 0 Å². The number of halogens is 1. The fraction of sp³-hybridized carbons (Fsp3) is 0.579. The number of hydrogen-bond donors (Lipinski definition) is 5. The fourth-order valence-electron chi connectivity index (χ4n) is 3.53. The van der Waals surface area contributed by atoms with Crippen molar-refractivity contribution in [2.24, 2.45) is 0 Å². The molecule has 0 aliphatic carbocycles. The van der Waals surface area contributed by atoms with E-state index in [1.165, 1.54) is 0 Å². The van der Waals surface area contributed by atoms with Gasteiger partial charge in [-0.1, -0.05) is 42.8 Å². The smallest absolute Gasteiger partial charge is 0.300 e. The summed E-state index contributed by atoms with van der Waals surface area (Å²) in [6.45, 7) is 3.18. The summed E-state index contributed by atoms with van der Waals surface area (Å²) in [5.41, 5.74) is 2.91. The summed E-state index contributed by atoms with van der Waals surface area (Å²) in [4.78, 5) is 0. The lowest BCUT2D eigenvalue weighted by Gasteiger charge is -2.45. The van der Waals surface area contributed by atoms with E-state index in [9.17, 15) is 25.5 Å². The maximum Gasteiger partial charge on any atom is 0.300 e. The van der Waals surface area contributed by atoms with E-state index in [1.54, 1.807) is 0 Å². The highest BCUT2D eigenvalue weighted by molar-refractivity contribution is 6.31. The van der Waals surface area contributed by atoms with Crippen molar-refractivity contribution in [3.05, 3.63) is 45.7 Å². The molecule has 1 aromatic carbocycles. The lowest BCUT2D eigenvalue weighted by Crippen LogP contribution is -2.66. The van der Waals surface area contributed by atoms with E-state index in [-0.39, 0.29) is 0 Å². The monoisotopic (exact) mass is 427 g/mol. The van der Waals surface area contributed by atoms with Crippen molar-refractivity contribution < 1.29 is 30.3 Å². The van der Waals surface area contributed by atoms with Crippen molar-refractivity contribution >= 4 is 11.6 Å². The van der Waals surface area contributed by atoms with E-state index >= 15 is 0 Å². The Balaban J connectivity index is 1.97.